The lowest BCUT2D eigenvalue weighted by atomic mass is 10.1. The van der Waals surface area contributed by atoms with E-state index in [1.54, 1.807) is 4.90 Å². The van der Waals surface area contributed by atoms with E-state index in [9.17, 15) is 9.59 Å². The van der Waals surface area contributed by atoms with Crippen LogP contribution in [0.1, 0.15) is 31.7 Å². The molecule has 2 amide bonds. The first-order chi connectivity index (χ1) is 8.65. The van der Waals surface area contributed by atoms with Gasteiger partial charge in [0.05, 0.1) is 0 Å². The molecule has 0 aromatic heterocycles. The molecule has 1 atom stereocenters. The number of carbonyl (C=O) groups excluding carboxylic acids is 2. The Labute approximate surface area is 107 Å². The molecule has 4 nitrogen and oxygen atoms in total. The summed E-state index contributed by atoms with van der Waals surface area (Å²) in [6, 6.07) is 7.09. The Balaban J connectivity index is 2.28. The largest absolute Gasteiger partial charge is 0.368 e. The van der Waals surface area contributed by atoms with Crippen LogP contribution in [-0.2, 0) is 16.0 Å². The van der Waals surface area contributed by atoms with Crippen LogP contribution in [0.4, 0.5) is 5.69 Å². The summed E-state index contributed by atoms with van der Waals surface area (Å²) >= 11 is 0. The predicted octanol–water partition coefficient (Wildman–Crippen LogP) is 1.62. The summed E-state index contributed by atoms with van der Waals surface area (Å²) in [5.41, 5.74) is 7.26. The zero-order valence-electron chi connectivity index (χ0n) is 10.6. The Morgan fingerprint density at radius 3 is 2.78 bits per heavy atom. The van der Waals surface area contributed by atoms with E-state index in [4.69, 9.17) is 5.73 Å². The van der Waals surface area contributed by atoms with Crippen molar-refractivity contribution in [3.63, 3.8) is 0 Å². The molecule has 1 aromatic carbocycles. The van der Waals surface area contributed by atoms with E-state index < -0.39 is 11.9 Å². The zero-order chi connectivity index (χ0) is 13.1. The van der Waals surface area contributed by atoms with Gasteiger partial charge in [-0.1, -0.05) is 31.5 Å². The molecule has 1 aromatic rings. The number of rotatable bonds is 4. The third-order valence-electron chi connectivity index (χ3n) is 3.32. The van der Waals surface area contributed by atoms with E-state index in [1.165, 1.54) is 0 Å². The van der Waals surface area contributed by atoms with Gasteiger partial charge in [-0.05, 0) is 18.1 Å². The summed E-state index contributed by atoms with van der Waals surface area (Å²) in [7, 11) is 0. The lowest BCUT2D eigenvalue weighted by Crippen LogP contribution is -2.46. The third-order valence-corrected chi connectivity index (χ3v) is 3.32. The predicted molar refractivity (Wildman–Crippen MR) is 70.1 cm³/mol. The van der Waals surface area contributed by atoms with Gasteiger partial charge in [0.25, 0.3) is 0 Å². The molecule has 18 heavy (non-hydrogen) atoms. The van der Waals surface area contributed by atoms with Crippen LogP contribution in [0.25, 0.3) is 0 Å². The highest BCUT2D eigenvalue weighted by atomic mass is 16.2. The summed E-state index contributed by atoms with van der Waals surface area (Å²) in [6.45, 7) is 2.04. The fraction of sp³-hybridized carbons (Fsp3) is 0.429. The van der Waals surface area contributed by atoms with Crippen molar-refractivity contribution in [3.8, 4) is 0 Å². The highest BCUT2D eigenvalue weighted by Gasteiger charge is 2.36. The first kappa shape index (κ1) is 12.6. The van der Waals surface area contributed by atoms with Gasteiger partial charge < -0.3 is 5.73 Å². The number of carbonyl (C=O) groups is 2. The molecule has 2 rings (SSSR count). The molecule has 1 aliphatic heterocycles. The van der Waals surface area contributed by atoms with Crippen molar-refractivity contribution in [3.05, 3.63) is 29.8 Å². The molecule has 0 radical (unpaired) electrons. The van der Waals surface area contributed by atoms with E-state index in [-0.39, 0.29) is 5.91 Å². The minimum absolute atomic E-state index is 0.00870. The summed E-state index contributed by atoms with van der Waals surface area (Å²) in [4.78, 5) is 25.3. The Bertz CT molecular complexity index is 471. The van der Waals surface area contributed by atoms with Gasteiger partial charge in [0.2, 0.25) is 11.8 Å². The molecular weight excluding hydrogens is 228 g/mol. The monoisotopic (exact) mass is 246 g/mol. The number of hydrogen-bond donors (Lipinski definition) is 1. The Hall–Kier alpha value is -1.84. The maximum absolute atomic E-state index is 12.2. The minimum atomic E-state index is -0.522. The average Bonchev–Trinajstić information content (AvgIpc) is 2.75. The van der Waals surface area contributed by atoms with Gasteiger partial charge in [0.1, 0.15) is 6.04 Å². The zero-order valence-corrected chi connectivity index (χ0v) is 10.6. The minimum Gasteiger partial charge on any atom is -0.368 e. The van der Waals surface area contributed by atoms with Gasteiger partial charge in [-0.25, -0.2) is 0 Å². The van der Waals surface area contributed by atoms with Crippen LogP contribution in [0.2, 0.25) is 0 Å². The lowest BCUT2D eigenvalue weighted by molar-refractivity contribution is -0.124. The number of primary amides is 1. The molecule has 0 bridgehead atoms. The molecule has 2 N–H and O–H groups in total. The van der Waals surface area contributed by atoms with Gasteiger partial charge in [-0.15, -0.1) is 0 Å². The molecule has 0 spiro atoms. The molecule has 1 aliphatic rings. The maximum atomic E-state index is 12.2. The molecule has 0 aliphatic carbocycles. The van der Waals surface area contributed by atoms with E-state index >= 15 is 0 Å². The standard InChI is InChI=1S/C14H18N2O2/c1-2-3-8-13(17)16-11-7-5-4-6-10(11)9-12(16)14(15)18/h4-7,12H,2-3,8-9H2,1H3,(H2,15,18). The van der Waals surface area contributed by atoms with Crippen LogP contribution in [0.15, 0.2) is 24.3 Å². The number of anilines is 1. The van der Waals surface area contributed by atoms with E-state index in [0.29, 0.717) is 12.8 Å². The van der Waals surface area contributed by atoms with Crippen LogP contribution in [0, 0.1) is 0 Å². The molecular formula is C14H18N2O2. The van der Waals surface area contributed by atoms with E-state index in [2.05, 4.69) is 0 Å². The van der Waals surface area contributed by atoms with Gasteiger partial charge in [-0.3, -0.25) is 14.5 Å². The van der Waals surface area contributed by atoms with Gasteiger partial charge in [-0.2, -0.15) is 0 Å². The van der Waals surface area contributed by atoms with Crippen molar-refractivity contribution in [2.45, 2.75) is 38.6 Å². The first-order valence-electron chi connectivity index (χ1n) is 6.34. The highest BCUT2D eigenvalue weighted by Crippen LogP contribution is 2.32. The number of fused-ring (bicyclic) bond motifs is 1. The Kier molecular flexibility index (Phi) is 3.65. The van der Waals surface area contributed by atoms with Gasteiger partial charge in [0.15, 0.2) is 0 Å². The summed E-state index contributed by atoms with van der Waals surface area (Å²) < 4.78 is 0. The van der Waals surface area contributed by atoms with Crippen LogP contribution in [0.3, 0.4) is 0 Å². The number of unbranched alkanes of at least 4 members (excludes halogenated alkanes) is 1. The van der Waals surface area contributed by atoms with Crippen LogP contribution < -0.4 is 10.6 Å². The van der Waals surface area contributed by atoms with Gasteiger partial charge in [0, 0.05) is 18.5 Å². The fourth-order valence-electron chi connectivity index (χ4n) is 2.37. The van der Waals surface area contributed by atoms with Crippen molar-refractivity contribution in [1.29, 1.82) is 0 Å². The molecule has 0 saturated carbocycles. The maximum Gasteiger partial charge on any atom is 0.240 e. The number of nitrogens with two attached hydrogens (primary N) is 1. The number of amides is 2. The lowest BCUT2D eigenvalue weighted by Gasteiger charge is -2.23. The summed E-state index contributed by atoms with van der Waals surface area (Å²) in [5, 5.41) is 0. The van der Waals surface area contributed by atoms with Crippen LogP contribution in [0.5, 0.6) is 0 Å². The van der Waals surface area contributed by atoms with Crippen molar-refractivity contribution in [1.82, 2.24) is 0 Å². The van der Waals surface area contributed by atoms with Crippen LogP contribution in [-0.4, -0.2) is 17.9 Å². The smallest absolute Gasteiger partial charge is 0.240 e. The van der Waals surface area contributed by atoms with E-state index in [0.717, 1.165) is 24.1 Å². The highest BCUT2D eigenvalue weighted by molar-refractivity contribution is 6.03. The number of benzene rings is 1. The third kappa shape index (κ3) is 2.23. The van der Waals surface area contributed by atoms with Crippen molar-refractivity contribution < 1.29 is 9.59 Å². The number of hydrogen-bond acceptors (Lipinski definition) is 2. The molecule has 0 fully saturated rings. The normalized spacial score (nSPS) is 17.6. The van der Waals surface area contributed by atoms with Crippen molar-refractivity contribution in [2.75, 3.05) is 4.90 Å². The number of para-hydroxylation sites is 1. The first-order valence-corrected chi connectivity index (χ1v) is 6.34. The molecule has 96 valence electrons. The molecule has 1 unspecified atom stereocenters. The molecule has 4 heteroatoms. The summed E-state index contributed by atoms with van der Waals surface area (Å²) in [5.74, 6) is -0.443. The molecule has 0 saturated heterocycles. The quantitative estimate of drug-likeness (QED) is 0.877. The summed E-state index contributed by atoms with van der Waals surface area (Å²) in [6.07, 6.45) is 2.80. The molecule has 1 heterocycles. The second-order valence-corrected chi connectivity index (χ2v) is 4.62. The topological polar surface area (TPSA) is 63.4 Å². The second kappa shape index (κ2) is 5.21. The Morgan fingerprint density at radius 1 is 1.39 bits per heavy atom. The van der Waals surface area contributed by atoms with Crippen molar-refractivity contribution >= 4 is 17.5 Å². The van der Waals surface area contributed by atoms with Crippen LogP contribution >= 0.6 is 0 Å². The van der Waals surface area contributed by atoms with E-state index in [1.807, 2.05) is 31.2 Å². The second-order valence-electron chi connectivity index (χ2n) is 4.62. The number of nitrogens with zero attached hydrogens (tertiary/aromatic N) is 1. The Morgan fingerprint density at radius 2 is 2.11 bits per heavy atom. The van der Waals surface area contributed by atoms with Gasteiger partial charge >= 0.3 is 0 Å². The fourth-order valence-corrected chi connectivity index (χ4v) is 2.37. The average molecular weight is 246 g/mol. The van der Waals surface area contributed by atoms with Crippen molar-refractivity contribution in [2.24, 2.45) is 5.73 Å². The SMILES string of the molecule is CCCCC(=O)N1c2ccccc2CC1C(N)=O.